The number of aryl methyl sites for hydroxylation is 1. The van der Waals surface area contributed by atoms with E-state index in [1.165, 1.54) is 11.7 Å². The maximum absolute atomic E-state index is 12.4. The summed E-state index contributed by atoms with van der Waals surface area (Å²) in [6, 6.07) is 11.7. The Balaban J connectivity index is 1.78. The zero-order valence-corrected chi connectivity index (χ0v) is 14.7. The molecule has 0 radical (unpaired) electrons. The van der Waals surface area contributed by atoms with Crippen LogP contribution in [0.3, 0.4) is 0 Å². The summed E-state index contributed by atoms with van der Waals surface area (Å²) in [5, 5.41) is 7.61. The zero-order chi connectivity index (χ0) is 17.7. The fourth-order valence-corrected chi connectivity index (χ4v) is 4.11. The van der Waals surface area contributed by atoms with Gasteiger partial charge in [0.25, 0.3) is 0 Å². The molecule has 1 atom stereocenters. The van der Waals surface area contributed by atoms with Gasteiger partial charge in [0.2, 0.25) is 5.91 Å². The number of pyridine rings is 1. The quantitative estimate of drug-likeness (QED) is 0.592. The van der Waals surface area contributed by atoms with E-state index in [2.05, 4.69) is 24.1 Å². The van der Waals surface area contributed by atoms with Gasteiger partial charge in [0.05, 0.1) is 17.4 Å². The average Bonchev–Trinajstić information content (AvgIpc) is 3.27. The summed E-state index contributed by atoms with van der Waals surface area (Å²) < 4.78 is 10.5. The van der Waals surface area contributed by atoms with Crippen molar-refractivity contribution in [2.24, 2.45) is 7.05 Å². The molecule has 0 spiro atoms. The lowest BCUT2D eigenvalue weighted by Crippen LogP contribution is -2.24. The van der Waals surface area contributed by atoms with E-state index in [4.69, 9.17) is 0 Å². The number of hydrogen-bond acceptors (Lipinski definition) is 6. The van der Waals surface area contributed by atoms with Crippen molar-refractivity contribution in [2.45, 2.75) is 12.3 Å². The van der Waals surface area contributed by atoms with Crippen LogP contribution in [0.25, 0.3) is 22.4 Å². The van der Waals surface area contributed by atoms with Crippen molar-refractivity contribution < 1.29 is 4.79 Å². The molecular weight excluding hydrogens is 348 g/mol. The Hall–Kier alpha value is -3.13. The molecule has 0 bridgehead atoms. The Morgan fingerprint density at radius 1 is 1.19 bits per heavy atom. The molecular formula is C18H14N6OS. The molecule has 5 rings (SSSR count). The molecule has 4 aromatic rings. The maximum atomic E-state index is 12.4. The average molecular weight is 362 g/mol. The second-order valence-corrected chi connectivity index (χ2v) is 6.76. The van der Waals surface area contributed by atoms with Crippen molar-refractivity contribution in [3.63, 3.8) is 0 Å². The van der Waals surface area contributed by atoms with Gasteiger partial charge in [-0.05, 0) is 23.8 Å². The Kier molecular flexibility index (Phi) is 3.32. The predicted molar refractivity (Wildman–Crippen MR) is 98.9 cm³/mol. The van der Waals surface area contributed by atoms with Crippen molar-refractivity contribution in [3.05, 3.63) is 53.7 Å². The number of amides is 1. The molecule has 0 saturated carbocycles. The minimum absolute atomic E-state index is 0.0294. The molecule has 1 aliphatic rings. The number of nitrogens with one attached hydrogen (secondary N) is 1. The summed E-state index contributed by atoms with van der Waals surface area (Å²) in [5.74, 6) is 0.544. The second-order valence-electron chi connectivity index (χ2n) is 6.23. The highest BCUT2D eigenvalue weighted by molar-refractivity contribution is 7.00. The summed E-state index contributed by atoms with van der Waals surface area (Å²) in [6.07, 6.45) is 2.09. The summed E-state index contributed by atoms with van der Waals surface area (Å²) in [5.41, 5.74) is 5.24. The highest BCUT2D eigenvalue weighted by atomic mass is 32.1. The molecule has 8 heteroatoms. The van der Waals surface area contributed by atoms with Crippen LogP contribution in [-0.4, -0.2) is 29.4 Å². The van der Waals surface area contributed by atoms with E-state index in [0.717, 1.165) is 33.5 Å². The van der Waals surface area contributed by atoms with Gasteiger partial charge in [0, 0.05) is 31.1 Å². The van der Waals surface area contributed by atoms with Gasteiger partial charge >= 0.3 is 0 Å². The normalized spacial score (nSPS) is 16.5. The van der Waals surface area contributed by atoms with Gasteiger partial charge in [0.15, 0.2) is 0 Å². The lowest BCUT2D eigenvalue weighted by molar-refractivity contribution is -0.116. The molecule has 0 aliphatic carbocycles. The van der Waals surface area contributed by atoms with Crippen molar-refractivity contribution in [1.29, 1.82) is 0 Å². The first-order valence-electron chi connectivity index (χ1n) is 8.21. The highest BCUT2D eigenvalue weighted by Crippen LogP contribution is 2.43. The number of fused-ring (bicyclic) bond motifs is 2. The van der Waals surface area contributed by atoms with Crippen molar-refractivity contribution in [1.82, 2.24) is 23.5 Å². The van der Waals surface area contributed by atoms with Crippen LogP contribution in [0.15, 0.2) is 42.6 Å². The number of rotatable bonds is 2. The first-order valence-corrected chi connectivity index (χ1v) is 8.94. The van der Waals surface area contributed by atoms with Crippen LogP contribution in [0.1, 0.15) is 23.5 Å². The van der Waals surface area contributed by atoms with Crippen molar-refractivity contribution >= 4 is 34.5 Å². The van der Waals surface area contributed by atoms with Crippen LogP contribution in [0, 0.1) is 0 Å². The Bertz CT molecular complexity index is 1130. The van der Waals surface area contributed by atoms with Gasteiger partial charge in [-0.25, -0.2) is 0 Å². The Morgan fingerprint density at radius 3 is 2.96 bits per heavy atom. The topological polar surface area (TPSA) is 85.6 Å². The maximum Gasteiger partial charge on any atom is 0.226 e. The molecule has 7 nitrogen and oxygen atoms in total. The van der Waals surface area contributed by atoms with Crippen molar-refractivity contribution in [2.75, 3.05) is 5.32 Å². The van der Waals surface area contributed by atoms with E-state index in [1.54, 1.807) is 10.9 Å². The van der Waals surface area contributed by atoms with Crippen molar-refractivity contribution in [3.8, 4) is 11.4 Å². The Labute approximate surface area is 153 Å². The lowest BCUT2D eigenvalue weighted by atomic mass is 9.84. The van der Waals surface area contributed by atoms with Crippen LogP contribution in [0.5, 0.6) is 0 Å². The SMILES string of the molecule is Cn1nc(-c2ccccn2)c2c1NC(=O)CC2c1cccc2nsnc12. The number of aromatic nitrogens is 5. The number of carbonyl (C=O) groups excluding carboxylic acids is 1. The third-order valence-electron chi connectivity index (χ3n) is 4.68. The van der Waals surface area contributed by atoms with E-state index in [0.29, 0.717) is 12.2 Å². The standard InChI is InChI=1S/C18H14N6OS/c1-24-18-15(17(21-24)12-6-2-3-8-19-12)11(9-14(25)20-18)10-5-4-7-13-16(10)23-26-22-13/h2-8,11H,9H2,1H3,(H,20,25). The van der Waals surface area contributed by atoms with Gasteiger partial charge < -0.3 is 5.32 Å². The third-order valence-corrected chi connectivity index (χ3v) is 5.22. The fraction of sp³-hybridized carbons (Fsp3) is 0.167. The number of anilines is 1. The summed E-state index contributed by atoms with van der Waals surface area (Å²) >= 11 is 1.19. The van der Waals surface area contributed by atoms with Crippen LogP contribution < -0.4 is 5.32 Å². The molecule has 1 amide bonds. The minimum atomic E-state index is -0.142. The van der Waals surface area contributed by atoms with E-state index in [1.807, 2.05) is 43.4 Å². The molecule has 4 heterocycles. The smallest absolute Gasteiger partial charge is 0.226 e. The number of benzene rings is 1. The Morgan fingerprint density at radius 2 is 2.12 bits per heavy atom. The van der Waals surface area contributed by atoms with Gasteiger partial charge in [-0.15, -0.1) is 0 Å². The monoisotopic (exact) mass is 362 g/mol. The van der Waals surface area contributed by atoms with E-state index in [-0.39, 0.29) is 11.8 Å². The van der Waals surface area contributed by atoms with Crippen LogP contribution in [0.2, 0.25) is 0 Å². The first-order chi connectivity index (χ1) is 12.7. The largest absolute Gasteiger partial charge is 0.311 e. The first kappa shape index (κ1) is 15.2. The predicted octanol–water partition coefficient (Wildman–Crippen LogP) is 2.96. The molecule has 1 aliphatic heterocycles. The highest BCUT2D eigenvalue weighted by Gasteiger charge is 2.34. The lowest BCUT2D eigenvalue weighted by Gasteiger charge is -2.24. The summed E-state index contributed by atoms with van der Waals surface area (Å²) in [6.45, 7) is 0. The van der Waals surface area contributed by atoms with E-state index < -0.39 is 0 Å². The van der Waals surface area contributed by atoms with E-state index >= 15 is 0 Å². The molecule has 128 valence electrons. The minimum Gasteiger partial charge on any atom is -0.311 e. The molecule has 0 fully saturated rings. The van der Waals surface area contributed by atoms with Gasteiger partial charge in [-0.1, -0.05) is 18.2 Å². The molecule has 1 aromatic carbocycles. The second kappa shape index (κ2) is 5.70. The van der Waals surface area contributed by atoms with Crippen LogP contribution >= 0.6 is 11.7 Å². The molecule has 3 aromatic heterocycles. The summed E-state index contributed by atoms with van der Waals surface area (Å²) in [7, 11) is 1.83. The zero-order valence-electron chi connectivity index (χ0n) is 13.9. The van der Waals surface area contributed by atoms with Gasteiger partial charge in [-0.2, -0.15) is 13.8 Å². The van der Waals surface area contributed by atoms with Gasteiger partial charge in [0.1, 0.15) is 22.5 Å². The van der Waals surface area contributed by atoms with Crippen LogP contribution in [0.4, 0.5) is 5.82 Å². The number of hydrogen-bond donors (Lipinski definition) is 1. The summed E-state index contributed by atoms with van der Waals surface area (Å²) in [4.78, 5) is 16.8. The van der Waals surface area contributed by atoms with Gasteiger partial charge in [-0.3, -0.25) is 14.5 Å². The molecule has 1 N–H and O–H groups in total. The molecule has 26 heavy (non-hydrogen) atoms. The third kappa shape index (κ3) is 2.22. The molecule has 0 saturated heterocycles. The number of carbonyl (C=O) groups is 1. The molecule has 1 unspecified atom stereocenters. The number of nitrogens with zero attached hydrogens (tertiary/aromatic N) is 5. The fourth-order valence-electron chi connectivity index (χ4n) is 3.55. The van der Waals surface area contributed by atoms with Crippen LogP contribution in [-0.2, 0) is 11.8 Å². The van der Waals surface area contributed by atoms with E-state index in [9.17, 15) is 4.79 Å².